The van der Waals surface area contributed by atoms with Crippen LogP contribution in [0.25, 0.3) is 0 Å². The molecule has 0 saturated heterocycles. The molecule has 0 heterocycles. The second-order valence-corrected chi connectivity index (χ2v) is 4.08. The molecule has 0 atom stereocenters. The maximum absolute atomic E-state index is 5.99. The molecule has 0 N–H and O–H groups in total. The summed E-state index contributed by atoms with van der Waals surface area (Å²) in [5, 5.41) is 1.38. The molecule has 0 spiro atoms. The fourth-order valence-electron chi connectivity index (χ4n) is 1.24. The van der Waals surface area contributed by atoms with Crippen molar-refractivity contribution in [1.29, 1.82) is 0 Å². The Kier molecular flexibility index (Phi) is 3.51. The van der Waals surface area contributed by atoms with Crippen LogP contribution in [0, 0.1) is 11.8 Å². The van der Waals surface area contributed by atoms with E-state index in [1.165, 1.54) is 0 Å². The quantitative estimate of drug-likeness (QED) is 0.605. The van der Waals surface area contributed by atoms with E-state index in [0.717, 1.165) is 11.1 Å². The van der Waals surface area contributed by atoms with Gasteiger partial charge in [-0.15, -0.1) is 0 Å². The SMILES string of the molecule is Clc1ccc(C#Cc2ccccc2Cl)cc1. The van der Waals surface area contributed by atoms with Crippen LogP contribution in [0.5, 0.6) is 0 Å². The van der Waals surface area contributed by atoms with Gasteiger partial charge in [0.1, 0.15) is 0 Å². The van der Waals surface area contributed by atoms with Crippen LogP contribution in [0.2, 0.25) is 10.0 Å². The molecule has 0 aromatic heterocycles. The number of hydrogen-bond acceptors (Lipinski definition) is 0. The van der Waals surface area contributed by atoms with Crippen LogP contribution in [-0.4, -0.2) is 0 Å². The minimum atomic E-state index is 0.670. The Morgan fingerprint density at radius 2 is 1.44 bits per heavy atom. The summed E-state index contributed by atoms with van der Waals surface area (Å²) >= 11 is 11.8. The minimum absolute atomic E-state index is 0.670. The van der Waals surface area contributed by atoms with Crippen LogP contribution >= 0.6 is 23.2 Å². The van der Waals surface area contributed by atoms with Gasteiger partial charge in [0, 0.05) is 16.1 Å². The van der Waals surface area contributed by atoms with Gasteiger partial charge in [0.05, 0.1) is 5.02 Å². The molecule has 2 aromatic carbocycles. The first-order valence-corrected chi connectivity index (χ1v) is 5.53. The summed E-state index contributed by atoms with van der Waals surface area (Å²) in [5.41, 5.74) is 1.75. The lowest BCUT2D eigenvalue weighted by atomic mass is 10.2. The highest BCUT2D eigenvalue weighted by molar-refractivity contribution is 6.31. The summed E-state index contributed by atoms with van der Waals surface area (Å²) in [6.07, 6.45) is 0. The maximum Gasteiger partial charge on any atom is 0.0562 e. The van der Waals surface area contributed by atoms with Crippen molar-refractivity contribution in [3.05, 3.63) is 69.7 Å². The van der Waals surface area contributed by atoms with Crippen LogP contribution in [-0.2, 0) is 0 Å². The maximum atomic E-state index is 5.99. The van der Waals surface area contributed by atoms with Gasteiger partial charge >= 0.3 is 0 Å². The first kappa shape index (κ1) is 11.1. The zero-order chi connectivity index (χ0) is 11.4. The van der Waals surface area contributed by atoms with Crippen LogP contribution < -0.4 is 0 Å². The lowest BCUT2D eigenvalue weighted by Crippen LogP contribution is -1.77. The Labute approximate surface area is 105 Å². The van der Waals surface area contributed by atoms with Gasteiger partial charge < -0.3 is 0 Å². The Morgan fingerprint density at radius 3 is 2.12 bits per heavy atom. The highest BCUT2D eigenvalue weighted by atomic mass is 35.5. The molecule has 0 amide bonds. The van der Waals surface area contributed by atoms with Crippen LogP contribution in [0.15, 0.2) is 48.5 Å². The minimum Gasteiger partial charge on any atom is -0.0843 e. The predicted molar refractivity (Wildman–Crippen MR) is 68.9 cm³/mol. The third-order valence-electron chi connectivity index (χ3n) is 2.06. The lowest BCUT2D eigenvalue weighted by Gasteiger charge is -1.93. The van der Waals surface area contributed by atoms with Crippen molar-refractivity contribution in [2.24, 2.45) is 0 Å². The van der Waals surface area contributed by atoms with Crippen molar-refractivity contribution < 1.29 is 0 Å². The van der Waals surface area contributed by atoms with Gasteiger partial charge in [-0.2, -0.15) is 0 Å². The summed E-state index contributed by atoms with van der Waals surface area (Å²) < 4.78 is 0. The first-order chi connectivity index (χ1) is 7.75. The molecule has 0 saturated carbocycles. The van der Waals surface area contributed by atoms with Crippen LogP contribution in [0.4, 0.5) is 0 Å². The molecule has 78 valence electrons. The van der Waals surface area contributed by atoms with Gasteiger partial charge in [-0.1, -0.05) is 47.2 Å². The highest BCUT2D eigenvalue weighted by Crippen LogP contribution is 2.14. The van der Waals surface area contributed by atoms with E-state index >= 15 is 0 Å². The second-order valence-electron chi connectivity index (χ2n) is 3.24. The summed E-state index contributed by atoms with van der Waals surface area (Å²) in [7, 11) is 0. The Hall–Kier alpha value is -1.42. The molecule has 0 radical (unpaired) electrons. The van der Waals surface area contributed by atoms with E-state index < -0.39 is 0 Å². The molecule has 0 aliphatic carbocycles. The normalized spacial score (nSPS) is 9.38. The van der Waals surface area contributed by atoms with Crippen LogP contribution in [0.1, 0.15) is 11.1 Å². The average Bonchev–Trinajstić information content (AvgIpc) is 2.30. The van der Waals surface area contributed by atoms with Crippen LogP contribution in [0.3, 0.4) is 0 Å². The molecule has 2 aromatic rings. The first-order valence-electron chi connectivity index (χ1n) is 4.78. The molecule has 0 aliphatic rings. The van der Waals surface area contributed by atoms with Gasteiger partial charge in [0.2, 0.25) is 0 Å². The number of benzene rings is 2. The third-order valence-corrected chi connectivity index (χ3v) is 2.64. The zero-order valence-electron chi connectivity index (χ0n) is 8.37. The van der Waals surface area contributed by atoms with E-state index in [1.54, 1.807) is 0 Å². The Bertz CT molecular complexity index is 545. The molecular formula is C14H8Cl2. The topological polar surface area (TPSA) is 0 Å². The summed E-state index contributed by atoms with van der Waals surface area (Å²) in [6, 6.07) is 14.9. The van der Waals surface area contributed by atoms with Gasteiger partial charge in [-0.25, -0.2) is 0 Å². The summed E-state index contributed by atoms with van der Waals surface area (Å²) in [4.78, 5) is 0. The summed E-state index contributed by atoms with van der Waals surface area (Å²) in [6.45, 7) is 0. The van der Waals surface area contributed by atoms with E-state index in [-0.39, 0.29) is 0 Å². The molecule has 0 nitrogen and oxygen atoms in total. The average molecular weight is 247 g/mol. The van der Waals surface area contributed by atoms with Crippen molar-refractivity contribution in [3.63, 3.8) is 0 Å². The molecule has 2 rings (SSSR count). The van der Waals surface area contributed by atoms with Gasteiger partial charge in [-0.05, 0) is 36.4 Å². The van der Waals surface area contributed by atoms with E-state index in [9.17, 15) is 0 Å². The Morgan fingerprint density at radius 1 is 0.750 bits per heavy atom. The van der Waals surface area contributed by atoms with Gasteiger partial charge in [0.25, 0.3) is 0 Å². The van der Waals surface area contributed by atoms with E-state index in [2.05, 4.69) is 11.8 Å². The van der Waals surface area contributed by atoms with Crippen molar-refractivity contribution in [2.45, 2.75) is 0 Å². The number of rotatable bonds is 0. The molecule has 0 aliphatic heterocycles. The van der Waals surface area contributed by atoms with Gasteiger partial charge in [0.15, 0.2) is 0 Å². The third kappa shape index (κ3) is 2.79. The molecule has 0 unspecified atom stereocenters. The smallest absolute Gasteiger partial charge is 0.0562 e. The fourth-order valence-corrected chi connectivity index (χ4v) is 1.54. The zero-order valence-corrected chi connectivity index (χ0v) is 9.89. The standard InChI is InChI=1S/C14H8Cl2/c15-13-9-6-11(7-10-13)5-8-12-3-1-2-4-14(12)16/h1-4,6-7,9-10H. The molecule has 2 heteroatoms. The highest BCUT2D eigenvalue weighted by Gasteiger charge is 1.93. The molecule has 0 fully saturated rings. The lowest BCUT2D eigenvalue weighted by molar-refractivity contribution is 1.62. The second kappa shape index (κ2) is 5.07. The monoisotopic (exact) mass is 246 g/mol. The number of hydrogen-bond donors (Lipinski definition) is 0. The van der Waals surface area contributed by atoms with Crippen molar-refractivity contribution in [1.82, 2.24) is 0 Å². The summed E-state index contributed by atoms with van der Waals surface area (Å²) in [5.74, 6) is 6.06. The fraction of sp³-hybridized carbons (Fsp3) is 0. The van der Waals surface area contributed by atoms with Gasteiger partial charge in [-0.3, -0.25) is 0 Å². The van der Waals surface area contributed by atoms with Crippen molar-refractivity contribution in [3.8, 4) is 11.8 Å². The van der Waals surface area contributed by atoms with Crippen molar-refractivity contribution in [2.75, 3.05) is 0 Å². The largest absolute Gasteiger partial charge is 0.0843 e. The van der Waals surface area contributed by atoms with Crippen molar-refractivity contribution >= 4 is 23.2 Å². The molecule has 0 bridgehead atoms. The Balaban J connectivity index is 2.29. The molecular weight excluding hydrogens is 239 g/mol. The predicted octanol–water partition coefficient (Wildman–Crippen LogP) is 4.39. The van der Waals surface area contributed by atoms with E-state index in [1.807, 2.05) is 48.5 Å². The number of halogens is 2. The van der Waals surface area contributed by atoms with E-state index in [0.29, 0.717) is 10.0 Å². The molecule has 16 heavy (non-hydrogen) atoms. The van der Waals surface area contributed by atoms with E-state index in [4.69, 9.17) is 23.2 Å².